The molecular weight excluding hydrogens is 475 g/mol. The van der Waals surface area contributed by atoms with Crippen molar-refractivity contribution in [2.45, 2.75) is 38.7 Å². The molecule has 2 aromatic heterocycles. The maximum Gasteiger partial charge on any atom is 0.417 e. The van der Waals surface area contributed by atoms with E-state index in [1.807, 2.05) is 38.1 Å². The SMILES string of the molecule is Cc1cc(C)cc(N2C[C@@]34C=C[C@@H](O3)[C@H](C(=O)n3nc(N)c5c(C(F)(F)F)cc(C)nc53)[C@H]4C2=O)c1. The van der Waals surface area contributed by atoms with Gasteiger partial charge in [0.05, 0.1) is 35.4 Å². The van der Waals surface area contributed by atoms with Crippen LogP contribution in [-0.4, -0.2) is 44.8 Å². The number of anilines is 2. The first-order valence-corrected chi connectivity index (χ1v) is 11.4. The number of carbonyl (C=O) groups is 2. The molecule has 11 heteroatoms. The Morgan fingerprint density at radius 3 is 2.53 bits per heavy atom. The fourth-order valence-corrected chi connectivity index (χ4v) is 5.89. The van der Waals surface area contributed by atoms with Crippen LogP contribution in [0.3, 0.4) is 0 Å². The highest BCUT2D eigenvalue weighted by Crippen LogP contribution is 2.53. The van der Waals surface area contributed by atoms with Crippen LogP contribution in [0.15, 0.2) is 36.4 Å². The predicted molar refractivity (Wildman–Crippen MR) is 124 cm³/mol. The van der Waals surface area contributed by atoms with Gasteiger partial charge in [0.25, 0.3) is 5.91 Å². The van der Waals surface area contributed by atoms with Crippen molar-refractivity contribution in [3.8, 4) is 0 Å². The highest BCUT2D eigenvalue weighted by atomic mass is 19.4. The molecule has 1 amide bonds. The van der Waals surface area contributed by atoms with E-state index in [1.165, 1.54) is 6.92 Å². The normalized spacial score (nSPS) is 26.9. The number of rotatable bonds is 2. The summed E-state index contributed by atoms with van der Waals surface area (Å²) in [5.41, 5.74) is 6.28. The topological polar surface area (TPSA) is 103 Å². The third kappa shape index (κ3) is 3.05. The van der Waals surface area contributed by atoms with Crippen molar-refractivity contribution < 1.29 is 27.5 Å². The summed E-state index contributed by atoms with van der Waals surface area (Å²) in [6.45, 7) is 5.49. The zero-order valence-electron chi connectivity index (χ0n) is 19.6. The fraction of sp³-hybridized carbons (Fsp3) is 0.360. The van der Waals surface area contributed by atoms with Crippen molar-refractivity contribution in [2.75, 3.05) is 17.2 Å². The molecule has 0 saturated carbocycles. The Morgan fingerprint density at radius 1 is 1.17 bits per heavy atom. The molecule has 2 saturated heterocycles. The van der Waals surface area contributed by atoms with Gasteiger partial charge in [-0.25, -0.2) is 4.98 Å². The quantitative estimate of drug-likeness (QED) is 0.543. The summed E-state index contributed by atoms with van der Waals surface area (Å²) in [6, 6.07) is 6.65. The van der Waals surface area contributed by atoms with E-state index in [1.54, 1.807) is 11.0 Å². The monoisotopic (exact) mass is 497 g/mol. The number of alkyl halides is 3. The first kappa shape index (κ1) is 22.7. The summed E-state index contributed by atoms with van der Waals surface area (Å²) >= 11 is 0. The zero-order valence-corrected chi connectivity index (χ0v) is 19.6. The van der Waals surface area contributed by atoms with Crippen LogP contribution in [0.5, 0.6) is 0 Å². The van der Waals surface area contributed by atoms with E-state index in [0.29, 0.717) is 5.69 Å². The minimum atomic E-state index is -4.72. The molecule has 4 atom stereocenters. The van der Waals surface area contributed by atoms with Crippen molar-refractivity contribution in [2.24, 2.45) is 11.8 Å². The first-order valence-electron chi connectivity index (χ1n) is 11.4. The molecule has 8 nitrogen and oxygen atoms in total. The number of ether oxygens (including phenoxy) is 1. The molecule has 36 heavy (non-hydrogen) atoms. The maximum atomic E-state index is 13.8. The molecular formula is C25H22F3N5O3. The number of nitrogens with two attached hydrogens (primary N) is 1. The minimum Gasteiger partial charge on any atom is -0.382 e. The van der Waals surface area contributed by atoms with Crippen molar-refractivity contribution in [1.82, 2.24) is 14.8 Å². The maximum absolute atomic E-state index is 13.8. The average molecular weight is 497 g/mol. The fourth-order valence-electron chi connectivity index (χ4n) is 5.89. The van der Waals surface area contributed by atoms with Gasteiger partial charge in [0.2, 0.25) is 5.91 Å². The molecule has 186 valence electrons. The van der Waals surface area contributed by atoms with Gasteiger partial charge in [-0.2, -0.15) is 17.9 Å². The molecule has 3 aliphatic heterocycles. The van der Waals surface area contributed by atoms with E-state index in [2.05, 4.69) is 10.1 Å². The molecule has 3 aromatic rings. The lowest BCUT2D eigenvalue weighted by Gasteiger charge is -2.23. The molecule has 1 aromatic carbocycles. The van der Waals surface area contributed by atoms with E-state index in [0.717, 1.165) is 21.9 Å². The number of benzene rings is 1. The summed E-state index contributed by atoms with van der Waals surface area (Å²) < 4.78 is 48.1. The number of halogens is 3. The number of fused-ring (bicyclic) bond motifs is 2. The van der Waals surface area contributed by atoms with Crippen LogP contribution in [0.25, 0.3) is 11.0 Å². The third-order valence-corrected chi connectivity index (χ3v) is 7.21. The summed E-state index contributed by atoms with van der Waals surface area (Å²) in [4.78, 5) is 33.3. The second kappa shape index (κ2) is 7.16. The number of hydrogen-bond donors (Lipinski definition) is 1. The van der Waals surface area contributed by atoms with Crippen molar-refractivity contribution in [1.29, 1.82) is 0 Å². The number of nitrogen functional groups attached to an aromatic ring is 1. The Hall–Kier alpha value is -3.73. The standard InChI is InChI=1S/C25H22F3N5O3/c1-11-6-12(2)8-14(7-11)32-10-24-5-4-16(36-24)18(19(24)23(32)35)22(34)33-21-17(20(29)31-33)15(25(26,27)28)9-13(3)30-21/h4-9,16,18-19H,10H2,1-3H3,(H2,29,31)/t16-,18+,19+,24-/m1/s1. The lowest BCUT2D eigenvalue weighted by atomic mass is 9.77. The van der Waals surface area contributed by atoms with Crippen molar-refractivity contribution in [3.05, 3.63) is 58.8 Å². The van der Waals surface area contributed by atoms with Gasteiger partial charge >= 0.3 is 6.18 Å². The lowest BCUT2D eigenvalue weighted by Crippen LogP contribution is -2.41. The largest absolute Gasteiger partial charge is 0.417 e. The van der Waals surface area contributed by atoms with Crippen LogP contribution in [0.4, 0.5) is 24.7 Å². The van der Waals surface area contributed by atoms with Crippen molar-refractivity contribution >= 4 is 34.4 Å². The number of amides is 1. The first-order chi connectivity index (χ1) is 16.9. The van der Waals surface area contributed by atoms with Crippen LogP contribution < -0.4 is 10.6 Å². The Balaban J connectivity index is 1.44. The van der Waals surface area contributed by atoms with E-state index >= 15 is 0 Å². The summed E-state index contributed by atoms with van der Waals surface area (Å²) in [5, 5.41) is 3.51. The van der Waals surface area contributed by atoms with E-state index in [-0.39, 0.29) is 23.8 Å². The van der Waals surface area contributed by atoms with Gasteiger partial charge in [0.1, 0.15) is 5.60 Å². The molecule has 0 unspecified atom stereocenters. The Morgan fingerprint density at radius 2 is 1.86 bits per heavy atom. The second-order valence-electron chi connectivity index (χ2n) is 9.81. The number of hydrogen-bond acceptors (Lipinski definition) is 6. The molecule has 2 fully saturated rings. The van der Waals surface area contributed by atoms with Crippen molar-refractivity contribution in [3.63, 3.8) is 0 Å². The average Bonchev–Trinajstić information content (AvgIpc) is 3.50. The number of aryl methyl sites for hydroxylation is 3. The molecule has 3 aliphatic rings. The molecule has 0 radical (unpaired) electrons. The smallest absolute Gasteiger partial charge is 0.382 e. The molecule has 0 aliphatic carbocycles. The van der Waals surface area contributed by atoms with Gasteiger partial charge in [-0.1, -0.05) is 18.2 Å². The van der Waals surface area contributed by atoms with Gasteiger partial charge in [0.15, 0.2) is 11.5 Å². The zero-order chi connectivity index (χ0) is 25.7. The summed E-state index contributed by atoms with van der Waals surface area (Å²) in [5.74, 6) is -3.26. The number of pyridine rings is 1. The van der Waals surface area contributed by atoms with Crippen LogP contribution in [-0.2, 0) is 15.7 Å². The van der Waals surface area contributed by atoms with Gasteiger partial charge in [0, 0.05) is 11.4 Å². The second-order valence-corrected chi connectivity index (χ2v) is 9.81. The highest BCUT2D eigenvalue weighted by Gasteiger charge is 2.67. The number of carbonyl (C=O) groups excluding carboxylic acids is 2. The number of nitrogens with zero attached hydrogens (tertiary/aromatic N) is 4. The van der Waals surface area contributed by atoms with Gasteiger partial charge in [-0.3, -0.25) is 9.59 Å². The Bertz CT molecular complexity index is 1490. The van der Waals surface area contributed by atoms with Crippen LogP contribution in [0.1, 0.15) is 27.2 Å². The molecule has 2 bridgehead atoms. The van der Waals surface area contributed by atoms with Crippen LogP contribution in [0.2, 0.25) is 0 Å². The summed E-state index contributed by atoms with van der Waals surface area (Å²) in [7, 11) is 0. The van der Waals surface area contributed by atoms with E-state index in [4.69, 9.17) is 10.5 Å². The van der Waals surface area contributed by atoms with E-state index in [9.17, 15) is 22.8 Å². The molecule has 1 spiro atoms. The Kier molecular flexibility index (Phi) is 4.52. The summed E-state index contributed by atoms with van der Waals surface area (Å²) in [6.07, 6.45) is -1.88. The Labute approximate surface area is 203 Å². The highest BCUT2D eigenvalue weighted by molar-refractivity contribution is 6.05. The van der Waals surface area contributed by atoms with Gasteiger partial charge < -0.3 is 15.4 Å². The third-order valence-electron chi connectivity index (χ3n) is 7.21. The minimum absolute atomic E-state index is 0.0577. The van der Waals surface area contributed by atoms with E-state index < -0.39 is 52.4 Å². The van der Waals surface area contributed by atoms with Gasteiger partial charge in [-0.05, 0) is 50.1 Å². The van der Waals surface area contributed by atoms with Crippen LogP contribution in [0, 0.1) is 32.6 Å². The number of aromatic nitrogens is 3. The predicted octanol–water partition coefficient (Wildman–Crippen LogP) is 3.58. The van der Waals surface area contributed by atoms with Crippen LogP contribution >= 0.6 is 0 Å². The molecule has 2 N–H and O–H groups in total. The van der Waals surface area contributed by atoms with Gasteiger partial charge in [-0.15, -0.1) is 5.10 Å². The molecule has 6 rings (SSSR count). The lowest BCUT2D eigenvalue weighted by molar-refractivity contribution is -0.136. The molecule has 5 heterocycles.